The molecule has 0 aliphatic carbocycles. The lowest BCUT2D eigenvalue weighted by atomic mass is 10.0. The van der Waals surface area contributed by atoms with Gasteiger partial charge in [0.05, 0.1) is 0 Å². The van der Waals surface area contributed by atoms with Gasteiger partial charge in [0.15, 0.2) is 6.10 Å². The standard InChI is InChI=1S/C65H106O6/c1-4-7-10-13-16-19-22-25-28-31-32-35-37-40-43-46-49-52-55-58-64(67)70-61-62(71-65(68)59-56-53-50-47-44-41-38-34-30-27-24-21-18-15-12-9-6-3)60-69-63(66)57-54-51-48-45-42-39-36-33-29-26-23-20-17-14-11-8-5-2/h9,12,15,17-18,20-21,24,26-27,29-30,34,36,38-39,41,44-45,48,62H,4-8,10-11,13-14,16,19,22-23,25,28,31-33,35,37,40,42-43,46-47,49-61H2,1-3H3/b12-9-,18-15-,20-17-,24-21-,29-26-,30-27-,38-34+,39-36-,44-41-,48-45-. The SMILES string of the molecule is CC\C=C/C=C\C=C/C=C\C=C\C=C/CCCCCC(=O)OC(COC(=O)CCC/C=C\C/C=C\C/C=C\C/C=C\CCCCC)COC(=O)CCCCCCCCCCCCCCCCCCCCC. The van der Waals surface area contributed by atoms with E-state index in [1.807, 2.05) is 60.8 Å². The number of hydrogen-bond donors (Lipinski definition) is 0. The molecule has 0 amide bonds. The molecule has 402 valence electrons. The summed E-state index contributed by atoms with van der Waals surface area (Å²) < 4.78 is 16.8. The minimum atomic E-state index is -0.826. The second-order valence-electron chi connectivity index (χ2n) is 19.0. The number of hydrogen-bond acceptors (Lipinski definition) is 6. The summed E-state index contributed by atoms with van der Waals surface area (Å²) in [6.45, 7) is 6.39. The van der Waals surface area contributed by atoms with E-state index in [1.54, 1.807) is 0 Å². The number of unbranched alkanes of at least 4 members (excludes halogenated alkanes) is 25. The van der Waals surface area contributed by atoms with Crippen molar-refractivity contribution >= 4 is 17.9 Å². The highest BCUT2D eigenvalue weighted by molar-refractivity contribution is 5.71. The molecule has 0 saturated carbocycles. The van der Waals surface area contributed by atoms with Gasteiger partial charge in [0.25, 0.3) is 0 Å². The fourth-order valence-electron chi connectivity index (χ4n) is 7.76. The summed E-state index contributed by atoms with van der Waals surface area (Å²) in [5, 5.41) is 0. The molecule has 0 aromatic heterocycles. The first-order valence-electron chi connectivity index (χ1n) is 29.1. The molecule has 6 nitrogen and oxygen atoms in total. The van der Waals surface area contributed by atoms with Gasteiger partial charge in [-0.25, -0.2) is 0 Å². The molecule has 6 heteroatoms. The van der Waals surface area contributed by atoms with Crippen LogP contribution in [-0.4, -0.2) is 37.2 Å². The van der Waals surface area contributed by atoms with Crippen molar-refractivity contribution in [2.24, 2.45) is 0 Å². The molecule has 71 heavy (non-hydrogen) atoms. The van der Waals surface area contributed by atoms with Gasteiger partial charge >= 0.3 is 17.9 Å². The van der Waals surface area contributed by atoms with E-state index >= 15 is 0 Å². The van der Waals surface area contributed by atoms with Gasteiger partial charge < -0.3 is 14.2 Å². The summed E-state index contributed by atoms with van der Waals surface area (Å²) in [6, 6.07) is 0. The third kappa shape index (κ3) is 56.6. The fourth-order valence-corrected chi connectivity index (χ4v) is 7.76. The first-order valence-corrected chi connectivity index (χ1v) is 29.1. The van der Waals surface area contributed by atoms with Crippen molar-refractivity contribution in [3.05, 3.63) is 122 Å². The van der Waals surface area contributed by atoms with Crippen LogP contribution in [0.25, 0.3) is 0 Å². The van der Waals surface area contributed by atoms with E-state index in [0.717, 1.165) is 70.6 Å². The molecule has 1 unspecified atom stereocenters. The van der Waals surface area contributed by atoms with Gasteiger partial charge in [-0.1, -0.05) is 277 Å². The molecule has 0 rings (SSSR count). The number of esters is 3. The van der Waals surface area contributed by atoms with Gasteiger partial charge in [0.2, 0.25) is 0 Å². The van der Waals surface area contributed by atoms with Crippen LogP contribution in [0.3, 0.4) is 0 Å². The molecule has 0 aromatic rings. The van der Waals surface area contributed by atoms with Crippen molar-refractivity contribution in [1.29, 1.82) is 0 Å². The molecule has 0 fully saturated rings. The minimum absolute atomic E-state index is 0.114. The monoisotopic (exact) mass is 983 g/mol. The highest BCUT2D eigenvalue weighted by Crippen LogP contribution is 2.16. The third-order valence-electron chi connectivity index (χ3n) is 12.1. The molecule has 0 spiro atoms. The van der Waals surface area contributed by atoms with Crippen LogP contribution in [0.5, 0.6) is 0 Å². The van der Waals surface area contributed by atoms with Crippen LogP contribution >= 0.6 is 0 Å². The van der Waals surface area contributed by atoms with E-state index in [2.05, 4.69) is 81.5 Å². The van der Waals surface area contributed by atoms with Crippen LogP contribution in [0, 0.1) is 0 Å². The summed E-state index contributed by atoms with van der Waals surface area (Å²) in [7, 11) is 0. The van der Waals surface area contributed by atoms with E-state index in [4.69, 9.17) is 14.2 Å². The average Bonchev–Trinajstić information content (AvgIpc) is 3.37. The number of rotatable bonds is 51. The second kappa shape index (κ2) is 58.4. The molecule has 1 atom stereocenters. The van der Waals surface area contributed by atoms with E-state index in [1.165, 1.54) is 128 Å². The quantitative estimate of drug-likeness (QED) is 0.0199. The molecule has 0 aromatic carbocycles. The lowest BCUT2D eigenvalue weighted by Crippen LogP contribution is -2.30. The summed E-state index contributed by atoms with van der Waals surface area (Å²) >= 11 is 0. The normalized spacial score (nSPS) is 13.0. The fraction of sp³-hybridized carbons (Fsp3) is 0.646. The predicted molar refractivity (Wildman–Crippen MR) is 306 cm³/mol. The molecular weight excluding hydrogens is 877 g/mol. The third-order valence-corrected chi connectivity index (χ3v) is 12.1. The van der Waals surface area contributed by atoms with E-state index in [-0.39, 0.29) is 44.0 Å². The van der Waals surface area contributed by atoms with Gasteiger partial charge in [-0.15, -0.1) is 0 Å². The number of carbonyl (C=O) groups excluding carboxylic acids is 3. The Bertz CT molecular complexity index is 1500. The molecule has 0 bridgehead atoms. The van der Waals surface area contributed by atoms with Crippen LogP contribution in [0.2, 0.25) is 0 Å². The molecule has 0 N–H and O–H groups in total. The summed E-state index contributed by atoms with van der Waals surface area (Å²) in [5.41, 5.74) is 0. The molecule has 0 aliphatic rings. The zero-order chi connectivity index (χ0) is 51.4. The zero-order valence-electron chi connectivity index (χ0n) is 45.9. The summed E-state index contributed by atoms with van der Waals surface area (Å²) in [6.07, 6.45) is 80.5. The Kier molecular flexibility index (Phi) is 54.9. The van der Waals surface area contributed by atoms with Crippen LogP contribution in [-0.2, 0) is 28.6 Å². The van der Waals surface area contributed by atoms with Crippen LogP contribution in [0.15, 0.2) is 122 Å². The summed E-state index contributed by atoms with van der Waals surface area (Å²) in [5.74, 6) is -1.02. The maximum absolute atomic E-state index is 12.8. The summed E-state index contributed by atoms with van der Waals surface area (Å²) in [4.78, 5) is 38.2. The average molecular weight is 984 g/mol. The Morgan fingerprint density at radius 3 is 1.07 bits per heavy atom. The van der Waals surface area contributed by atoms with Crippen molar-refractivity contribution in [2.75, 3.05) is 13.2 Å². The van der Waals surface area contributed by atoms with Crippen molar-refractivity contribution in [3.8, 4) is 0 Å². The molecular formula is C65H106O6. The Labute approximate surface area is 437 Å². The predicted octanol–water partition coefficient (Wildman–Crippen LogP) is 19.6. The smallest absolute Gasteiger partial charge is 0.306 e. The minimum Gasteiger partial charge on any atom is -0.462 e. The Morgan fingerprint density at radius 1 is 0.310 bits per heavy atom. The Balaban J connectivity index is 4.54. The van der Waals surface area contributed by atoms with Gasteiger partial charge in [-0.3, -0.25) is 14.4 Å². The van der Waals surface area contributed by atoms with Gasteiger partial charge in [-0.2, -0.15) is 0 Å². The maximum atomic E-state index is 12.8. The largest absolute Gasteiger partial charge is 0.462 e. The zero-order valence-corrected chi connectivity index (χ0v) is 45.9. The highest BCUT2D eigenvalue weighted by atomic mass is 16.6. The van der Waals surface area contributed by atoms with Crippen molar-refractivity contribution in [2.45, 2.75) is 258 Å². The Morgan fingerprint density at radius 2 is 0.620 bits per heavy atom. The maximum Gasteiger partial charge on any atom is 0.306 e. The van der Waals surface area contributed by atoms with Gasteiger partial charge in [-0.05, 0) is 77.0 Å². The number of allylic oxidation sites excluding steroid dienone is 20. The first-order chi connectivity index (χ1) is 35.0. The van der Waals surface area contributed by atoms with Crippen molar-refractivity contribution < 1.29 is 28.6 Å². The topological polar surface area (TPSA) is 78.9 Å². The lowest BCUT2D eigenvalue weighted by molar-refractivity contribution is -0.167. The number of carbonyl (C=O) groups is 3. The number of ether oxygens (including phenoxy) is 3. The van der Waals surface area contributed by atoms with Gasteiger partial charge in [0.1, 0.15) is 13.2 Å². The first kappa shape index (κ1) is 66.8. The van der Waals surface area contributed by atoms with Crippen LogP contribution in [0.4, 0.5) is 0 Å². The highest BCUT2D eigenvalue weighted by Gasteiger charge is 2.19. The van der Waals surface area contributed by atoms with Gasteiger partial charge in [0, 0.05) is 19.3 Å². The molecule has 0 heterocycles. The van der Waals surface area contributed by atoms with Crippen LogP contribution < -0.4 is 0 Å². The second-order valence-corrected chi connectivity index (χ2v) is 19.0. The molecule has 0 radical (unpaired) electrons. The molecule has 0 saturated heterocycles. The van der Waals surface area contributed by atoms with Crippen molar-refractivity contribution in [1.82, 2.24) is 0 Å². The van der Waals surface area contributed by atoms with Crippen molar-refractivity contribution in [3.63, 3.8) is 0 Å². The van der Waals surface area contributed by atoms with E-state index in [0.29, 0.717) is 19.3 Å². The Hall–Kier alpha value is -4.19. The van der Waals surface area contributed by atoms with E-state index in [9.17, 15) is 14.4 Å². The van der Waals surface area contributed by atoms with E-state index < -0.39 is 6.10 Å². The lowest BCUT2D eigenvalue weighted by Gasteiger charge is -2.18. The van der Waals surface area contributed by atoms with Crippen LogP contribution in [0.1, 0.15) is 252 Å². The molecule has 0 aliphatic heterocycles.